The van der Waals surface area contributed by atoms with E-state index in [1.807, 2.05) is 0 Å². The normalized spacial score (nSPS) is 18.7. The largest absolute Gasteiger partial charge is 0.497 e. The summed E-state index contributed by atoms with van der Waals surface area (Å²) in [7, 11) is -0.121. The molecule has 0 radical (unpaired) electrons. The van der Waals surface area contributed by atoms with Gasteiger partial charge in [-0.1, -0.05) is 0 Å². The van der Waals surface area contributed by atoms with Gasteiger partial charge in [0.1, 0.15) is 17.9 Å². The molecule has 0 saturated carbocycles. The third-order valence-corrected chi connectivity index (χ3v) is 5.37. The zero-order valence-corrected chi connectivity index (χ0v) is 14.3. The van der Waals surface area contributed by atoms with Gasteiger partial charge in [-0.3, -0.25) is 9.59 Å². The van der Waals surface area contributed by atoms with E-state index in [2.05, 4.69) is 10.6 Å². The van der Waals surface area contributed by atoms with Gasteiger partial charge in [-0.25, -0.2) is 8.42 Å². The molecular weight excluding hydrogens is 336 g/mol. The lowest BCUT2D eigenvalue weighted by atomic mass is 10.2. The zero-order chi connectivity index (χ0) is 17.7. The fourth-order valence-electron chi connectivity index (χ4n) is 2.44. The molecule has 1 aromatic carbocycles. The van der Waals surface area contributed by atoms with E-state index >= 15 is 0 Å². The van der Waals surface area contributed by atoms with Crippen molar-refractivity contribution in [3.05, 3.63) is 18.2 Å². The maximum absolute atomic E-state index is 12.0. The summed E-state index contributed by atoms with van der Waals surface area (Å²) in [6, 6.07) is 4.47. The van der Waals surface area contributed by atoms with Gasteiger partial charge in [0.05, 0.1) is 31.4 Å². The van der Waals surface area contributed by atoms with E-state index in [1.54, 1.807) is 18.2 Å². The zero-order valence-electron chi connectivity index (χ0n) is 13.5. The highest BCUT2D eigenvalue weighted by molar-refractivity contribution is 7.91. The van der Waals surface area contributed by atoms with Gasteiger partial charge in [-0.2, -0.15) is 0 Å². The fraction of sp³-hybridized carbons (Fsp3) is 0.467. The quantitative estimate of drug-likeness (QED) is 0.711. The summed E-state index contributed by atoms with van der Waals surface area (Å²) in [5.41, 5.74) is 0.387. The Balaban J connectivity index is 1.92. The second kappa shape index (κ2) is 7.52. The molecule has 1 aliphatic heterocycles. The number of hydrogen-bond donors (Lipinski definition) is 2. The smallest absolute Gasteiger partial charge is 0.233 e. The predicted octanol–water partition coefficient (Wildman–Crippen LogP) is 0.336. The Bertz CT molecular complexity index is 731. The average molecular weight is 356 g/mol. The average Bonchev–Trinajstić information content (AvgIpc) is 2.85. The molecule has 0 spiro atoms. The molecule has 1 saturated heterocycles. The fourth-order valence-corrected chi connectivity index (χ4v) is 4.11. The second-order valence-corrected chi connectivity index (χ2v) is 7.69. The van der Waals surface area contributed by atoms with Crippen LogP contribution in [0.4, 0.5) is 5.69 Å². The van der Waals surface area contributed by atoms with Crippen LogP contribution < -0.4 is 20.1 Å². The summed E-state index contributed by atoms with van der Waals surface area (Å²) >= 11 is 0. The molecule has 2 rings (SSSR count). The minimum absolute atomic E-state index is 0.0607. The third kappa shape index (κ3) is 4.85. The van der Waals surface area contributed by atoms with Crippen LogP contribution in [0.2, 0.25) is 0 Å². The van der Waals surface area contributed by atoms with E-state index in [0.29, 0.717) is 23.6 Å². The van der Waals surface area contributed by atoms with Crippen molar-refractivity contribution in [2.75, 3.05) is 31.0 Å². The molecule has 132 valence electrons. The Morgan fingerprint density at radius 3 is 2.54 bits per heavy atom. The van der Waals surface area contributed by atoms with Gasteiger partial charge in [0.25, 0.3) is 0 Å². The van der Waals surface area contributed by atoms with Crippen molar-refractivity contribution in [3.63, 3.8) is 0 Å². The molecule has 2 amide bonds. The first-order chi connectivity index (χ1) is 11.3. The minimum atomic E-state index is -3.08. The van der Waals surface area contributed by atoms with E-state index in [9.17, 15) is 18.0 Å². The number of anilines is 1. The van der Waals surface area contributed by atoms with Crippen molar-refractivity contribution in [2.45, 2.75) is 18.9 Å². The number of benzene rings is 1. The number of amides is 2. The molecule has 1 unspecified atom stereocenters. The number of sulfone groups is 1. The van der Waals surface area contributed by atoms with Crippen molar-refractivity contribution < 1.29 is 27.5 Å². The molecule has 1 aliphatic rings. The van der Waals surface area contributed by atoms with Crippen LogP contribution in [0.15, 0.2) is 18.2 Å². The Morgan fingerprint density at radius 2 is 1.96 bits per heavy atom. The highest BCUT2D eigenvalue weighted by Gasteiger charge is 2.29. The number of ether oxygens (including phenoxy) is 2. The van der Waals surface area contributed by atoms with E-state index in [0.717, 1.165) is 0 Å². The van der Waals surface area contributed by atoms with Crippen LogP contribution >= 0.6 is 0 Å². The lowest BCUT2D eigenvalue weighted by Gasteiger charge is -2.13. The van der Waals surface area contributed by atoms with Crippen molar-refractivity contribution in [1.29, 1.82) is 0 Å². The topological polar surface area (TPSA) is 111 Å². The highest BCUT2D eigenvalue weighted by atomic mass is 32.2. The van der Waals surface area contributed by atoms with E-state index < -0.39 is 34.1 Å². The van der Waals surface area contributed by atoms with E-state index in [1.165, 1.54) is 14.2 Å². The Hall–Kier alpha value is -2.29. The second-order valence-electron chi connectivity index (χ2n) is 5.46. The van der Waals surface area contributed by atoms with Crippen LogP contribution in [0.1, 0.15) is 12.8 Å². The molecule has 2 N–H and O–H groups in total. The molecule has 0 aromatic heterocycles. The van der Waals surface area contributed by atoms with Gasteiger partial charge in [0.15, 0.2) is 9.84 Å². The highest BCUT2D eigenvalue weighted by Crippen LogP contribution is 2.28. The van der Waals surface area contributed by atoms with Gasteiger partial charge in [0.2, 0.25) is 11.8 Å². The summed E-state index contributed by atoms with van der Waals surface area (Å²) in [4.78, 5) is 23.9. The lowest BCUT2D eigenvalue weighted by Crippen LogP contribution is -2.37. The molecule has 0 aliphatic carbocycles. The van der Waals surface area contributed by atoms with Crippen molar-refractivity contribution in [3.8, 4) is 11.5 Å². The van der Waals surface area contributed by atoms with Crippen LogP contribution in [0.5, 0.6) is 11.5 Å². The summed E-state index contributed by atoms with van der Waals surface area (Å²) < 4.78 is 32.9. The van der Waals surface area contributed by atoms with Gasteiger partial charge >= 0.3 is 0 Å². The summed E-state index contributed by atoms with van der Waals surface area (Å²) in [5.74, 6) is -0.0931. The van der Waals surface area contributed by atoms with Crippen LogP contribution in [0, 0.1) is 0 Å². The first kappa shape index (κ1) is 18.1. The molecule has 1 heterocycles. The third-order valence-electron chi connectivity index (χ3n) is 3.60. The van der Waals surface area contributed by atoms with Gasteiger partial charge in [-0.05, 0) is 18.6 Å². The maximum atomic E-state index is 12.0. The lowest BCUT2D eigenvalue weighted by molar-refractivity contribution is -0.127. The summed E-state index contributed by atoms with van der Waals surface area (Å²) in [5, 5.41) is 5.15. The van der Waals surface area contributed by atoms with Gasteiger partial charge in [0, 0.05) is 12.1 Å². The SMILES string of the molecule is COc1ccc(OC)c(NC(=O)CC(=O)NC2CCS(=O)(=O)C2)c1. The summed E-state index contributed by atoms with van der Waals surface area (Å²) in [6.07, 6.45) is -0.0314. The Morgan fingerprint density at radius 1 is 1.21 bits per heavy atom. The molecule has 9 heteroatoms. The Kier molecular flexibility index (Phi) is 5.66. The van der Waals surface area contributed by atoms with Gasteiger partial charge in [-0.15, -0.1) is 0 Å². The van der Waals surface area contributed by atoms with E-state index in [-0.39, 0.29) is 11.5 Å². The first-order valence-electron chi connectivity index (χ1n) is 7.34. The summed E-state index contributed by atoms with van der Waals surface area (Å²) in [6.45, 7) is 0. The molecule has 1 atom stereocenters. The first-order valence-corrected chi connectivity index (χ1v) is 9.17. The molecule has 24 heavy (non-hydrogen) atoms. The number of rotatable bonds is 6. The van der Waals surface area contributed by atoms with Crippen molar-refractivity contribution in [2.24, 2.45) is 0 Å². The Labute approximate surface area is 140 Å². The predicted molar refractivity (Wildman–Crippen MR) is 88.0 cm³/mol. The van der Waals surface area contributed by atoms with Crippen LogP contribution in [0.25, 0.3) is 0 Å². The monoisotopic (exact) mass is 356 g/mol. The number of methoxy groups -OCH3 is 2. The van der Waals surface area contributed by atoms with Crippen LogP contribution in [-0.4, -0.2) is 52.0 Å². The minimum Gasteiger partial charge on any atom is -0.497 e. The molecule has 0 bridgehead atoms. The van der Waals surface area contributed by atoms with Gasteiger partial charge < -0.3 is 20.1 Å². The molecule has 1 fully saturated rings. The van der Waals surface area contributed by atoms with Crippen LogP contribution in [-0.2, 0) is 19.4 Å². The molecule has 1 aromatic rings. The van der Waals surface area contributed by atoms with Crippen molar-refractivity contribution >= 4 is 27.3 Å². The molecule has 8 nitrogen and oxygen atoms in total. The number of nitrogens with one attached hydrogen (secondary N) is 2. The standard InChI is InChI=1S/C15H20N2O6S/c1-22-11-3-4-13(23-2)12(7-11)17-15(19)8-14(18)16-10-5-6-24(20,21)9-10/h3-4,7,10H,5-6,8-9H2,1-2H3,(H,16,18)(H,17,19). The van der Waals surface area contributed by atoms with E-state index in [4.69, 9.17) is 9.47 Å². The maximum Gasteiger partial charge on any atom is 0.233 e. The van der Waals surface area contributed by atoms with Crippen LogP contribution in [0.3, 0.4) is 0 Å². The number of hydrogen-bond acceptors (Lipinski definition) is 6. The number of carbonyl (C=O) groups excluding carboxylic acids is 2. The van der Waals surface area contributed by atoms with Crippen molar-refractivity contribution in [1.82, 2.24) is 5.32 Å². The number of carbonyl (C=O) groups is 2. The molecular formula is C15H20N2O6S.